The van der Waals surface area contributed by atoms with Crippen molar-refractivity contribution in [2.24, 2.45) is 0 Å². The number of pyridine rings is 1. The minimum absolute atomic E-state index is 0.0752. The third-order valence-corrected chi connectivity index (χ3v) is 7.29. The fraction of sp³-hybridized carbons (Fsp3) is 0.269. The number of benzene rings is 1. The Morgan fingerprint density at radius 2 is 1.97 bits per heavy atom. The van der Waals surface area contributed by atoms with Gasteiger partial charge in [0.2, 0.25) is 5.91 Å². The molecule has 1 aromatic carbocycles. The summed E-state index contributed by atoms with van der Waals surface area (Å²) < 4.78 is 13.6. The van der Waals surface area contributed by atoms with Crippen molar-refractivity contribution in [1.29, 1.82) is 0 Å². The molecule has 37 heavy (non-hydrogen) atoms. The summed E-state index contributed by atoms with van der Waals surface area (Å²) in [4.78, 5) is 35.1. The number of aromatic amines is 1. The normalized spacial score (nSPS) is 14.1. The van der Waals surface area contributed by atoms with Crippen LogP contribution in [0.3, 0.4) is 0 Å². The van der Waals surface area contributed by atoms with Crippen LogP contribution in [0.2, 0.25) is 0 Å². The van der Waals surface area contributed by atoms with Gasteiger partial charge in [0, 0.05) is 54.6 Å². The Morgan fingerprint density at radius 3 is 2.68 bits per heavy atom. The lowest BCUT2D eigenvalue weighted by atomic mass is 9.90. The number of halogens is 1. The van der Waals surface area contributed by atoms with Crippen LogP contribution >= 0.6 is 11.3 Å². The van der Waals surface area contributed by atoms with Crippen molar-refractivity contribution in [2.45, 2.75) is 25.3 Å². The van der Waals surface area contributed by atoms with Crippen LogP contribution in [0.15, 0.2) is 54.2 Å². The van der Waals surface area contributed by atoms with Crippen LogP contribution in [0.1, 0.15) is 40.5 Å². The smallest absolute Gasteiger partial charge is 0.271 e. The van der Waals surface area contributed by atoms with Gasteiger partial charge in [0.25, 0.3) is 5.91 Å². The van der Waals surface area contributed by atoms with E-state index in [1.54, 1.807) is 34.8 Å². The van der Waals surface area contributed by atoms with Gasteiger partial charge in [-0.15, -0.1) is 11.3 Å². The van der Waals surface area contributed by atoms with Gasteiger partial charge in [-0.1, -0.05) is 6.07 Å². The number of hydrogen-bond donors (Lipinski definition) is 3. The molecule has 9 nitrogen and oxygen atoms in total. The summed E-state index contributed by atoms with van der Waals surface area (Å²) in [6.45, 7) is 0.879. The molecule has 0 bridgehead atoms. The van der Waals surface area contributed by atoms with Crippen LogP contribution < -0.4 is 5.32 Å². The van der Waals surface area contributed by atoms with E-state index in [0.29, 0.717) is 48.9 Å². The molecular formula is C26H25FN6O3S. The third kappa shape index (κ3) is 5.42. The van der Waals surface area contributed by atoms with Gasteiger partial charge in [0.15, 0.2) is 0 Å². The summed E-state index contributed by atoms with van der Waals surface area (Å²) in [5.74, 6) is -0.845. The number of amides is 2. The van der Waals surface area contributed by atoms with Crippen molar-refractivity contribution in [1.82, 2.24) is 30.4 Å². The Labute approximate surface area is 216 Å². The van der Waals surface area contributed by atoms with Gasteiger partial charge in [0.05, 0.1) is 5.56 Å². The molecular weight excluding hydrogens is 495 g/mol. The number of hydrogen-bond acceptors (Lipinski definition) is 7. The molecule has 190 valence electrons. The molecule has 0 aliphatic carbocycles. The molecule has 4 aromatic rings. The van der Waals surface area contributed by atoms with Crippen molar-refractivity contribution in [3.05, 3.63) is 76.9 Å². The Morgan fingerprint density at radius 1 is 1.19 bits per heavy atom. The average Bonchev–Trinajstić information content (AvgIpc) is 3.60. The zero-order valence-corrected chi connectivity index (χ0v) is 20.7. The highest BCUT2D eigenvalue weighted by molar-refractivity contribution is 7.13. The van der Waals surface area contributed by atoms with Crippen LogP contribution in [-0.4, -0.2) is 61.7 Å². The van der Waals surface area contributed by atoms with Gasteiger partial charge in [-0.3, -0.25) is 19.7 Å². The molecule has 1 aliphatic rings. The molecule has 3 N–H and O–H groups in total. The molecule has 0 unspecified atom stereocenters. The Hall–Kier alpha value is -3.96. The number of piperidine rings is 1. The third-order valence-electron chi connectivity index (χ3n) is 6.43. The number of rotatable bonds is 7. The van der Waals surface area contributed by atoms with Gasteiger partial charge in [-0.2, -0.15) is 5.10 Å². The topological polar surface area (TPSA) is 124 Å². The van der Waals surface area contributed by atoms with E-state index in [2.05, 4.69) is 25.5 Å². The Kier molecular flexibility index (Phi) is 7.33. The summed E-state index contributed by atoms with van der Waals surface area (Å²) in [5, 5.41) is 22.1. The highest BCUT2D eigenvalue weighted by atomic mass is 32.1. The largest absolute Gasteiger partial charge is 0.387 e. The van der Waals surface area contributed by atoms with E-state index < -0.39 is 6.61 Å². The van der Waals surface area contributed by atoms with Crippen LogP contribution in [0.5, 0.6) is 0 Å². The maximum Gasteiger partial charge on any atom is 0.271 e. The second-order valence-electron chi connectivity index (χ2n) is 8.76. The van der Waals surface area contributed by atoms with Gasteiger partial charge in [0.1, 0.15) is 28.8 Å². The van der Waals surface area contributed by atoms with E-state index in [4.69, 9.17) is 0 Å². The number of likely N-dealkylation sites (tertiary alicyclic amines) is 1. The second kappa shape index (κ2) is 11.0. The van der Waals surface area contributed by atoms with Crippen LogP contribution in [0, 0.1) is 5.82 Å². The van der Waals surface area contributed by atoms with Crippen LogP contribution in [0.4, 0.5) is 4.39 Å². The number of aromatic nitrogens is 4. The first-order valence-electron chi connectivity index (χ1n) is 11.9. The molecule has 0 radical (unpaired) electrons. The molecule has 3 aromatic heterocycles. The number of carbonyl (C=O) groups is 2. The summed E-state index contributed by atoms with van der Waals surface area (Å²) in [5.41, 5.74) is 4.17. The zero-order valence-electron chi connectivity index (χ0n) is 19.9. The highest BCUT2D eigenvalue weighted by Gasteiger charge is 2.30. The van der Waals surface area contributed by atoms with E-state index in [9.17, 15) is 19.1 Å². The predicted octanol–water partition coefficient (Wildman–Crippen LogP) is 3.36. The standard InChI is InChI=1S/C26H25FN6O3S/c27-19-5-3-17(4-6-19)23-22(24(32-31-23)18-7-10-33(11-8-18)21(35)14-34)26-30-20(15-37-26)25(36)29-13-16-2-1-9-28-12-16/h1-6,9,12,15,18,34H,7-8,10-11,13-14H2,(H,29,36)(H,31,32). The van der Waals surface area contributed by atoms with Crippen molar-refractivity contribution in [2.75, 3.05) is 19.7 Å². The zero-order chi connectivity index (χ0) is 25.8. The Balaban J connectivity index is 1.43. The molecule has 0 spiro atoms. The maximum atomic E-state index is 13.6. The van der Waals surface area contributed by atoms with E-state index in [0.717, 1.165) is 22.4 Å². The second-order valence-corrected chi connectivity index (χ2v) is 9.62. The lowest BCUT2D eigenvalue weighted by molar-refractivity contribution is -0.135. The monoisotopic (exact) mass is 520 g/mol. The Bertz CT molecular complexity index is 1380. The number of thiazole rings is 1. The number of aliphatic hydroxyl groups is 1. The van der Waals surface area contributed by atoms with E-state index in [-0.39, 0.29) is 23.5 Å². The lowest BCUT2D eigenvalue weighted by Gasteiger charge is -2.31. The van der Waals surface area contributed by atoms with Crippen molar-refractivity contribution in [3.8, 4) is 21.8 Å². The van der Waals surface area contributed by atoms with Gasteiger partial charge in [-0.25, -0.2) is 9.37 Å². The quantitative estimate of drug-likeness (QED) is 0.343. The minimum atomic E-state index is -0.501. The average molecular weight is 521 g/mol. The number of H-pyrrole nitrogens is 1. The molecule has 0 atom stereocenters. The first kappa shape index (κ1) is 24.7. The minimum Gasteiger partial charge on any atom is -0.387 e. The molecule has 5 rings (SSSR count). The SMILES string of the molecule is O=C(NCc1cccnc1)c1csc(-c2c(-c3ccc(F)cc3)n[nH]c2C2CCN(C(=O)CO)CC2)n1. The van der Waals surface area contributed by atoms with Crippen LogP contribution in [0.25, 0.3) is 21.8 Å². The molecule has 11 heteroatoms. The van der Waals surface area contributed by atoms with Gasteiger partial charge >= 0.3 is 0 Å². The molecule has 1 aliphatic heterocycles. The summed E-state index contributed by atoms with van der Waals surface area (Å²) >= 11 is 1.34. The van der Waals surface area contributed by atoms with Gasteiger partial charge < -0.3 is 15.3 Å². The predicted molar refractivity (Wildman–Crippen MR) is 136 cm³/mol. The molecule has 1 saturated heterocycles. The first-order valence-corrected chi connectivity index (χ1v) is 12.8. The van der Waals surface area contributed by atoms with E-state index in [1.807, 2.05) is 12.1 Å². The van der Waals surface area contributed by atoms with E-state index >= 15 is 0 Å². The van der Waals surface area contributed by atoms with Crippen molar-refractivity contribution >= 4 is 23.2 Å². The van der Waals surface area contributed by atoms with Crippen molar-refractivity contribution < 1.29 is 19.1 Å². The first-order chi connectivity index (χ1) is 18.0. The molecule has 1 fully saturated rings. The fourth-order valence-corrected chi connectivity index (χ4v) is 5.33. The summed E-state index contributed by atoms with van der Waals surface area (Å²) in [7, 11) is 0. The lowest BCUT2D eigenvalue weighted by Crippen LogP contribution is -2.39. The number of carbonyl (C=O) groups excluding carboxylic acids is 2. The molecule has 2 amide bonds. The fourth-order valence-electron chi connectivity index (χ4n) is 4.47. The molecule has 4 heterocycles. The van der Waals surface area contributed by atoms with Gasteiger partial charge in [-0.05, 0) is 48.7 Å². The number of aliphatic hydroxyl groups excluding tert-OH is 1. The summed E-state index contributed by atoms with van der Waals surface area (Å²) in [6.07, 6.45) is 4.74. The maximum absolute atomic E-state index is 13.6. The highest BCUT2D eigenvalue weighted by Crippen LogP contribution is 2.41. The summed E-state index contributed by atoms with van der Waals surface area (Å²) in [6, 6.07) is 9.78. The molecule has 0 saturated carbocycles. The number of nitrogens with one attached hydrogen (secondary N) is 2. The van der Waals surface area contributed by atoms with Crippen molar-refractivity contribution in [3.63, 3.8) is 0 Å². The van der Waals surface area contributed by atoms with E-state index in [1.165, 1.54) is 23.5 Å². The number of nitrogens with zero attached hydrogens (tertiary/aromatic N) is 4. The van der Waals surface area contributed by atoms with Crippen LogP contribution in [-0.2, 0) is 11.3 Å².